The van der Waals surface area contributed by atoms with Gasteiger partial charge in [0, 0.05) is 6.54 Å². The van der Waals surface area contributed by atoms with Crippen LogP contribution in [0.4, 0.5) is 0 Å². The highest BCUT2D eigenvalue weighted by molar-refractivity contribution is 5.79. The van der Waals surface area contributed by atoms with E-state index in [-0.39, 0.29) is 18.6 Å². The smallest absolute Gasteiger partial charge is 0.323 e. The highest BCUT2D eigenvalue weighted by atomic mass is 16.5. The SMILES string of the molecule is CCCC(C(=O)OCC)N(CC(N)=O)CC(C)C. The predicted octanol–water partition coefficient (Wildman–Crippen LogP) is 1.16. The Hall–Kier alpha value is -1.10. The molecule has 0 aliphatic heterocycles. The summed E-state index contributed by atoms with van der Waals surface area (Å²) in [6.45, 7) is 8.98. The summed E-state index contributed by atoms with van der Waals surface area (Å²) in [4.78, 5) is 24.9. The number of nitrogens with zero attached hydrogens (tertiary/aromatic N) is 1. The average molecular weight is 258 g/mol. The molecule has 18 heavy (non-hydrogen) atoms. The van der Waals surface area contributed by atoms with E-state index in [0.717, 1.165) is 6.42 Å². The Morgan fingerprint density at radius 3 is 2.28 bits per heavy atom. The Balaban J connectivity index is 4.82. The second-order valence-electron chi connectivity index (χ2n) is 4.85. The van der Waals surface area contributed by atoms with Gasteiger partial charge in [-0.3, -0.25) is 14.5 Å². The molecule has 0 aromatic heterocycles. The van der Waals surface area contributed by atoms with E-state index >= 15 is 0 Å². The number of esters is 1. The first-order valence-electron chi connectivity index (χ1n) is 6.61. The van der Waals surface area contributed by atoms with Gasteiger partial charge in [-0.2, -0.15) is 0 Å². The van der Waals surface area contributed by atoms with Crippen molar-refractivity contribution in [3.05, 3.63) is 0 Å². The number of amides is 1. The summed E-state index contributed by atoms with van der Waals surface area (Å²) in [5.74, 6) is -0.319. The Bertz CT molecular complexity index is 267. The fourth-order valence-electron chi connectivity index (χ4n) is 1.93. The zero-order valence-corrected chi connectivity index (χ0v) is 11.9. The lowest BCUT2D eigenvalue weighted by molar-refractivity contribution is -0.150. The Morgan fingerprint density at radius 2 is 1.89 bits per heavy atom. The molecule has 0 aliphatic carbocycles. The van der Waals surface area contributed by atoms with Gasteiger partial charge >= 0.3 is 5.97 Å². The second kappa shape index (κ2) is 8.91. The molecule has 1 atom stereocenters. The number of ether oxygens (including phenoxy) is 1. The lowest BCUT2D eigenvalue weighted by Crippen LogP contribution is -2.47. The summed E-state index contributed by atoms with van der Waals surface area (Å²) in [5.41, 5.74) is 5.24. The van der Waals surface area contributed by atoms with Crippen LogP contribution in [0.2, 0.25) is 0 Å². The fourth-order valence-corrected chi connectivity index (χ4v) is 1.93. The number of rotatable bonds is 9. The lowest BCUT2D eigenvalue weighted by Gasteiger charge is -2.30. The van der Waals surface area contributed by atoms with E-state index in [4.69, 9.17) is 10.5 Å². The minimum atomic E-state index is -0.416. The standard InChI is InChI=1S/C13H26N2O3/c1-5-7-11(13(17)18-6-2)15(8-10(3)4)9-12(14)16/h10-11H,5-9H2,1-4H3,(H2,14,16). The van der Waals surface area contributed by atoms with Crippen LogP contribution in [0.25, 0.3) is 0 Å². The van der Waals surface area contributed by atoms with Gasteiger partial charge in [0.1, 0.15) is 6.04 Å². The molecule has 0 spiro atoms. The zero-order chi connectivity index (χ0) is 14.1. The normalized spacial score (nSPS) is 12.8. The van der Waals surface area contributed by atoms with Crippen LogP contribution in [-0.2, 0) is 14.3 Å². The molecule has 0 fully saturated rings. The van der Waals surface area contributed by atoms with Gasteiger partial charge in [-0.25, -0.2) is 0 Å². The molecule has 1 unspecified atom stereocenters. The summed E-state index contributed by atoms with van der Waals surface area (Å²) >= 11 is 0. The molecule has 106 valence electrons. The first-order chi connectivity index (χ1) is 8.42. The van der Waals surface area contributed by atoms with Crippen molar-refractivity contribution < 1.29 is 14.3 Å². The average Bonchev–Trinajstić information content (AvgIpc) is 2.23. The van der Waals surface area contributed by atoms with E-state index < -0.39 is 5.91 Å². The Morgan fingerprint density at radius 1 is 1.28 bits per heavy atom. The van der Waals surface area contributed by atoms with E-state index in [2.05, 4.69) is 0 Å². The highest BCUT2D eigenvalue weighted by Crippen LogP contribution is 2.12. The lowest BCUT2D eigenvalue weighted by atomic mass is 10.1. The highest BCUT2D eigenvalue weighted by Gasteiger charge is 2.27. The quantitative estimate of drug-likeness (QED) is 0.630. The van der Waals surface area contributed by atoms with E-state index in [9.17, 15) is 9.59 Å². The first-order valence-corrected chi connectivity index (χ1v) is 6.61. The van der Waals surface area contributed by atoms with Crippen LogP contribution in [0.1, 0.15) is 40.5 Å². The van der Waals surface area contributed by atoms with Gasteiger partial charge in [-0.15, -0.1) is 0 Å². The molecular weight excluding hydrogens is 232 g/mol. The molecule has 1 amide bonds. The van der Waals surface area contributed by atoms with Crippen LogP contribution in [-0.4, -0.2) is 42.5 Å². The third-order valence-corrected chi connectivity index (χ3v) is 2.52. The molecule has 0 aliphatic rings. The number of nitrogens with two attached hydrogens (primary N) is 1. The second-order valence-corrected chi connectivity index (χ2v) is 4.85. The zero-order valence-electron chi connectivity index (χ0n) is 11.9. The van der Waals surface area contributed by atoms with Crippen molar-refractivity contribution in [1.82, 2.24) is 4.90 Å². The van der Waals surface area contributed by atoms with Gasteiger partial charge < -0.3 is 10.5 Å². The van der Waals surface area contributed by atoms with Crippen molar-refractivity contribution in [1.29, 1.82) is 0 Å². The number of carbonyl (C=O) groups excluding carboxylic acids is 2. The van der Waals surface area contributed by atoms with Crippen LogP contribution in [0.15, 0.2) is 0 Å². The van der Waals surface area contributed by atoms with E-state index in [0.29, 0.717) is 25.5 Å². The predicted molar refractivity (Wildman–Crippen MR) is 70.9 cm³/mol. The van der Waals surface area contributed by atoms with Gasteiger partial charge in [0.15, 0.2) is 0 Å². The summed E-state index contributed by atoms with van der Waals surface area (Å²) < 4.78 is 5.07. The number of hydrogen-bond donors (Lipinski definition) is 1. The Labute approximate surface area is 110 Å². The maximum Gasteiger partial charge on any atom is 0.323 e. The molecule has 0 aromatic rings. The van der Waals surface area contributed by atoms with Crippen molar-refractivity contribution in [3.63, 3.8) is 0 Å². The minimum Gasteiger partial charge on any atom is -0.465 e. The molecule has 5 nitrogen and oxygen atoms in total. The van der Waals surface area contributed by atoms with Crippen LogP contribution in [0.5, 0.6) is 0 Å². The summed E-state index contributed by atoms with van der Waals surface area (Å²) in [6, 6.07) is -0.371. The fraction of sp³-hybridized carbons (Fsp3) is 0.846. The third kappa shape index (κ3) is 6.59. The monoisotopic (exact) mass is 258 g/mol. The van der Waals surface area contributed by atoms with Gasteiger partial charge in [0.2, 0.25) is 5.91 Å². The first kappa shape index (κ1) is 16.9. The van der Waals surface area contributed by atoms with Crippen LogP contribution in [0, 0.1) is 5.92 Å². The van der Waals surface area contributed by atoms with Crippen LogP contribution in [0.3, 0.4) is 0 Å². The molecule has 0 rings (SSSR count). The summed E-state index contributed by atoms with van der Waals surface area (Å²) in [5, 5.41) is 0. The molecule has 0 saturated carbocycles. The molecule has 5 heteroatoms. The van der Waals surface area contributed by atoms with Gasteiger partial charge in [0.05, 0.1) is 13.2 Å². The van der Waals surface area contributed by atoms with Gasteiger partial charge in [-0.1, -0.05) is 27.2 Å². The van der Waals surface area contributed by atoms with Crippen molar-refractivity contribution >= 4 is 11.9 Å². The molecule has 2 N–H and O–H groups in total. The number of hydrogen-bond acceptors (Lipinski definition) is 4. The van der Waals surface area contributed by atoms with Crippen molar-refractivity contribution in [2.45, 2.75) is 46.6 Å². The Kier molecular flexibility index (Phi) is 8.37. The largest absolute Gasteiger partial charge is 0.465 e. The number of carbonyl (C=O) groups is 2. The van der Waals surface area contributed by atoms with Gasteiger partial charge in [0.25, 0.3) is 0 Å². The van der Waals surface area contributed by atoms with Gasteiger partial charge in [-0.05, 0) is 19.3 Å². The topological polar surface area (TPSA) is 72.6 Å². The maximum atomic E-state index is 11.9. The number of primary amides is 1. The maximum absolute atomic E-state index is 11.9. The van der Waals surface area contributed by atoms with E-state index in [1.165, 1.54) is 0 Å². The van der Waals surface area contributed by atoms with Crippen molar-refractivity contribution in [2.75, 3.05) is 19.7 Å². The summed E-state index contributed by atoms with van der Waals surface area (Å²) in [7, 11) is 0. The summed E-state index contributed by atoms with van der Waals surface area (Å²) in [6.07, 6.45) is 1.54. The third-order valence-electron chi connectivity index (χ3n) is 2.52. The molecule has 0 saturated heterocycles. The van der Waals surface area contributed by atoms with Crippen molar-refractivity contribution in [3.8, 4) is 0 Å². The molecule has 0 bridgehead atoms. The van der Waals surface area contributed by atoms with E-state index in [1.807, 2.05) is 25.7 Å². The molecule has 0 radical (unpaired) electrons. The molecule has 0 heterocycles. The molecular formula is C13H26N2O3. The van der Waals surface area contributed by atoms with Crippen LogP contribution < -0.4 is 5.73 Å². The van der Waals surface area contributed by atoms with Crippen molar-refractivity contribution in [2.24, 2.45) is 11.7 Å². The van der Waals surface area contributed by atoms with E-state index in [1.54, 1.807) is 6.92 Å². The minimum absolute atomic E-state index is 0.0989. The molecule has 0 aromatic carbocycles. The van der Waals surface area contributed by atoms with Crippen LogP contribution >= 0.6 is 0 Å².